The Labute approximate surface area is 192 Å². The van der Waals surface area contributed by atoms with Crippen molar-refractivity contribution in [3.63, 3.8) is 0 Å². The predicted octanol–water partition coefficient (Wildman–Crippen LogP) is 3.22. The van der Waals surface area contributed by atoms with Crippen LogP contribution < -0.4 is 5.32 Å². The second-order valence-electron chi connectivity index (χ2n) is 8.65. The topological polar surface area (TPSA) is 82.0 Å². The van der Waals surface area contributed by atoms with Crippen molar-refractivity contribution in [3.05, 3.63) is 78.3 Å². The number of hydrogen-bond donors (Lipinski definition) is 3. The number of H-pyrrole nitrogens is 1. The van der Waals surface area contributed by atoms with Crippen molar-refractivity contribution in [3.8, 4) is 5.69 Å². The molecule has 0 aliphatic carbocycles. The van der Waals surface area contributed by atoms with E-state index in [1.165, 1.54) is 23.1 Å². The number of aliphatic hydroxyl groups excluding tert-OH is 1. The number of piperazine rings is 1. The van der Waals surface area contributed by atoms with E-state index < -0.39 is 0 Å². The molecule has 2 atom stereocenters. The van der Waals surface area contributed by atoms with Crippen molar-refractivity contribution in [2.75, 3.05) is 26.2 Å². The van der Waals surface area contributed by atoms with Crippen molar-refractivity contribution >= 4 is 10.9 Å². The molecule has 0 spiro atoms. The minimum Gasteiger partial charge on any atom is -0.394 e. The van der Waals surface area contributed by atoms with Crippen molar-refractivity contribution in [2.24, 2.45) is 0 Å². The third-order valence-electron chi connectivity index (χ3n) is 6.68. The van der Waals surface area contributed by atoms with Gasteiger partial charge in [0.15, 0.2) is 0 Å². The lowest BCUT2D eigenvalue weighted by Gasteiger charge is -2.41. The highest BCUT2D eigenvalue weighted by molar-refractivity contribution is 5.85. The van der Waals surface area contributed by atoms with Gasteiger partial charge in [-0.2, -0.15) is 0 Å². The van der Waals surface area contributed by atoms with E-state index in [9.17, 15) is 9.50 Å². The van der Waals surface area contributed by atoms with Gasteiger partial charge in [-0.15, -0.1) is 10.2 Å². The average molecular weight is 449 g/mol. The number of halogens is 1. The van der Waals surface area contributed by atoms with Gasteiger partial charge in [-0.1, -0.05) is 12.1 Å². The second kappa shape index (κ2) is 9.82. The summed E-state index contributed by atoms with van der Waals surface area (Å²) in [4.78, 5) is 5.76. The van der Waals surface area contributed by atoms with Crippen molar-refractivity contribution < 1.29 is 9.50 Å². The highest BCUT2D eigenvalue weighted by Gasteiger charge is 2.29. The smallest absolute Gasteiger partial charge is 0.123 e. The Balaban J connectivity index is 1.27. The van der Waals surface area contributed by atoms with Gasteiger partial charge in [0.05, 0.1) is 12.6 Å². The van der Waals surface area contributed by atoms with Crippen LogP contribution in [-0.4, -0.2) is 62.0 Å². The highest BCUT2D eigenvalue weighted by Crippen LogP contribution is 2.27. The maximum Gasteiger partial charge on any atom is 0.123 e. The zero-order valence-corrected chi connectivity index (χ0v) is 18.5. The molecular weight excluding hydrogens is 419 g/mol. The maximum atomic E-state index is 13.4. The van der Waals surface area contributed by atoms with E-state index in [2.05, 4.69) is 49.8 Å². The summed E-state index contributed by atoms with van der Waals surface area (Å²) in [5.74, 6) is -0.251. The number of fused-ring (bicyclic) bond motifs is 1. The van der Waals surface area contributed by atoms with E-state index in [4.69, 9.17) is 0 Å². The Hall–Kier alpha value is -3.07. The Morgan fingerprint density at radius 1 is 1.12 bits per heavy atom. The first-order valence-electron chi connectivity index (χ1n) is 11.5. The zero-order valence-electron chi connectivity index (χ0n) is 18.5. The Morgan fingerprint density at radius 2 is 1.94 bits per heavy atom. The van der Waals surface area contributed by atoms with Crippen LogP contribution in [0.2, 0.25) is 0 Å². The largest absolute Gasteiger partial charge is 0.394 e. The number of nitrogens with zero attached hydrogens (tertiary/aromatic N) is 4. The number of rotatable bonds is 8. The molecule has 7 nitrogen and oxygen atoms in total. The third kappa shape index (κ3) is 4.68. The molecule has 33 heavy (non-hydrogen) atoms. The zero-order chi connectivity index (χ0) is 22.6. The van der Waals surface area contributed by atoms with Crippen LogP contribution in [0.5, 0.6) is 0 Å². The van der Waals surface area contributed by atoms with Gasteiger partial charge in [-0.05, 0) is 60.7 Å². The number of aliphatic hydroxyl groups is 1. The average Bonchev–Trinajstić information content (AvgIpc) is 3.52. The van der Waals surface area contributed by atoms with Gasteiger partial charge < -0.3 is 15.4 Å². The first kappa shape index (κ1) is 21.8. The van der Waals surface area contributed by atoms with Crippen LogP contribution in [0.4, 0.5) is 4.39 Å². The molecule has 3 N–H and O–H groups in total. The monoisotopic (exact) mass is 448 g/mol. The molecule has 2 unspecified atom stereocenters. The van der Waals surface area contributed by atoms with E-state index in [0.717, 1.165) is 55.7 Å². The molecular formula is C25H29FN6O. The fourth-order valence-electron chi connectivity index (χ4n) is 4.94. The highest BCUT2D eigenvalue weighted by atomic mass is 19.1. The molecule has 1 fully saturated rings. The van der Waals surface area contributed by atoms with E-state index >= 15 is 0 Å². The molecule has 4 aromatic rings. The van der Waals surface area contributed by atoms with Crippen molar-refractivity contribution in [1.29, 1.82) is 0 Å². The lowest BCUT2D eigenvalue weighted by molar-refractivity contribution is 0.0599. The summed E-state index contributed by atoms with van der Waals surface area (Å²) in [6, 6.07) is 13.0. The van der Waals surface area contributed by atoms with Crippen LogP contribution in [0.3, 0.4) is 0 Å². The molecule has 172 valence electrons. The summed E-state index contributed by atoms with van der Waals surface area (Å²) in [6.07, 6.45) is 8.54. The van der Waals surface area contributed by atoms with Crippen LogP contribution >= 0.6 is 0 Å². The molecule has 8 heteroatoms. The molecule has 0 saturated carbocycles. The SMILES string of the molecule is OCC(c1ccc(F)cc1)N1CCNCC1CCCc1c[nH]c2ccc(-n3cnnc3)cc12. The minimum atomic E-state index is -0.251. The summed E-state index contributed by atoms with van der Waals surface area (Å²) >= 11 is 0. The van der Waals surface area contributed by atoms with Crippen molar-refractivity contribution in [1.82, 2.24) is 30.0 Å². The number of nitrogens with one attached hydrogen (secondary N) is 2. The van der Waals surface area contributed by atoms with Crippen LogP contribution in [0, 0.1) is 5.82 Å². The van der Waals surface area contributed by atoms with Gasteiger partial charge in [0.25, 0.3) is 0 Å². The Kier molecular flexibility index (Phi) is 6.48. The molecule has 0 amide bonds. The molecule has 1 aliphatic heterocycles. The fraction of sp³-hybridized carbons (Fsp3) is 0.360. The fourth-order valence-corrected chi connectivity index (χ4v) is 4.94. The number of aromatic amines is 1. The molecule has 0 radical (unpaired) electrons. The first-order valence-corrected chi connectivity index (χ1v) is 11.5. The third-order valence-corrected chi connectivity index (χ3v) is 6.68. The molecule has 1 aliphatic rings. The number of aromatic nitrogens is 4. The van der Waals surface area contributed by atoms with Crippen LogP contribution in [0.15, 0.2) is 61.3 Å². The summed E-state index contributed by atoms with van der Waals surface area (Å²) in [5.41, 5.74) is 4.43. The van der Waals surface area contributed by atoms with Gasteiger partial charge in [0, 0.05) is 48.5 Å². The molecule has 2 aromatic heterocycles. The summed E-state index contributed by atoms with van der Waals surface area (Å²) in [6.45, 7) is 2.67. The summed E-state index contributed by atoms with van der Waals surface area (Å²) < 4.78 is 15.3. The Bertz CT molecular complexity index is 1170. The Morgan fingerprint density at radius 3 is 2.73 bits per heavy atom. The summed E-state index contributed by atoms with van der Waals surface area (Å²) in [7, 11) is 0. The second-order valence-corrected chi connectivity index (χ2v) is 8.65. The van der Waals surface area contributed by atoms with Gasteiger partial charge in [-0.3, -0.25) is 9.47 Å². The standard InChI is InChI=1S/C25H29FN6O/c26-20-6-4-18(5-7-20)25(15-33)32-11-10-27-14-22(32)3-1-2-19-13-28-24-9-8-21(12-23(19)24)31-16-29-30-17-31/h4-9,12-13,16-17,22,25,27-28,33H,1-3,10-11,14-15H2. The van der Waals surface area contributed by atoms with Crippen molar-refractivity contribution in [2.45, 2.75) is 31.3 Å². The quantitative estimate of drug-likeness (QED) is 0.386. The molecule has 1 saturated heterocycles. The number of benzene rings is 2. The predicted molar refractivity (Wildman–Crippen MR) is 126 cm³/mol. The molecule has 0 bridgehead atoms. The van der Waals surface area contributed by atoms with Gasteiger partial charge in [0.1, 0.15) is 18.5 Å². The minimum absolute atomic E-state index is 0.0243. The van der Waals surface area contributed by atoms with E-state index in [0.29, 0.717) is 6.04 Å². The first-order chi connectivity index (χ1) is 16.2. The van der Waals surface area contributed by atoms with E-state index in [1.807, 2.05) is 4.57 Å². The van der Waals surface area contributed by atoms with Gasteiger partial charge in [0.2, 0.25) is 0 Å². The van der Waals surface area contributed by atoms with E-state index in [1.54, 1.807) is 24.8 Å². The van der Waals surface area contributed by atoms with Crippen LogP contribution in [-0.2, 0) is 6.42 Å². The number of aryl methyl sites for hydroxylation is 1. The van der Waals surface area contributed by atoms with Crippen LogP contribution in [0.1, 0.15) is 30.0 Å². The lowest BCUT2D eigenvalue weighted by atomic mass is 9.98. The normalized spacial score (nSPS) is 18.1. The molecule has 3 heterocycles. The molecule has 5 rings (SSSR count). The van der Waals surface area contributed by atoms with Gasteiger partial charge in [-0.25, -0.2) is 4.39 Å². The van der Waals surface area contributed by atoms with Gasteiger partial charge >= 0.3 is 0 Å². The van der Waals surface area contributed by atoms with Crippen LogP contribution in [0.25, 0.3) is 16.6 Å². The maximum absolute atomic E-state index is 13.4. The number of hydrogen-bond acceptors (Lipinski definition) is 5. The van der Waals surface area contributed by atoms with E-state index in [-0.39, 0.29) is 18.5 Å². The summed E-state index contributed by atoms with van der Waals surface area (Å²) in [5, 5.41) is 22.7. The molecule has 2 aromatic carbocycles. The lowest BCUT2D eigenvalue weighted by Crippen LogP contribution is -2.53.